The lowest BCUT2D eigenvalue weighted by atomic mass is 10.2. The van der Waals surface area contributed by atoms with Crippen LogP contribution in [0, 0.1) is 17.0 Å². The lowest BCUT2D eigenvalue weighted by Gasteiger charge is -2.16. The van der Waals surface area contributed by atoms with Crippen molar-refractivity contribution in [2.45, 2.75) is 16.7 Å². The maximum Gasteiger partial charge on any atom is 0.288 e. The predicted molar refractivity (Wildman–Crippen MR) is 69.2 cm³/mol. The molecule has 0 amide bonds. The lowest BCUT2D eigenvalue weighted by Crippen LogP contribution is -2.10. The van der Waals surface area contributed by atoms with Crippen LogP contribution in [0.4, 0.5) is 5.69 Å². The molecule has 0 aliphatic carbocycles. The van der Waals surface area contributed by atoms with E-state index < -0.39 is 36.0 Å². The summed E-state index contributed by atoms with van der Waals surface area (Å²) in [6.07, 6.45) is 0. The van der Waals surface area contributed by atoms with Gasteiger partial charge in [0.05, 0.1) is 9.82 Å². The third kappa shape index (κ3) is 2.23. The Kier molecular flexibility index (Phi) is 3.46. The number of nitrogens with zero attached hydrogens (tertiary/aromatic N) is 1. The molecular formula is C13H10NO5S-. The van der Waals surface area contributed by atoms with Crippen molar-refractivity contribution < 1.29 is 18.4 Å². The van der Waals surface area contributed by atoms with Gasteiger partial charge in [0.2, 0.25) is 9.84 Å². The van der Waals surface area contributed by atoms with E-state index in [2.05, 4.69) is 0 Å². The molecule has 0 fully saturated rings. The number of nitro benzene ring substituents is 1. The van der Waals surface area contributed by atoms with E-state index in [4.69, 9.17) is 0 Å². The van der Waals surface area contributed by atoms with Crippen LogP contribution in [0.1, 0.15) is 5.56 Å². The van der Waals surface area contributed by atoms with Gasteiger partial charge in [0.25, 0.3) is 5.69 Å². The number of rotatable bonds is 3. The Morgan fingerprint density at radius 1 is 1.05 bits per heavy atom. The first-order valence-corrected chi connectivity index (χ1v) is 7.09. The van der Waals surface area contributed by atoms with Crippen LogP contribution >= 0.6 is 0 Å². The summed E-state index contributed by atoms with van der Waals surface area (Å²) in [5.74, 6) is -0.678. The first-order valence-electron chi connectivity index (χ1n) is 5.61. The van der Waals surface area contributed by atoms with Gasteiger partial charge in [0, 0.05) is 6.07 Å². The SMILES string of the molecule is Cc1cccc([O-])c1S(=O)(=O)c1ccccc1[N+](=O)[O-]. The molecule has 0 aliphatic rings. The van der Waals surface area contributed by atoms with Crippen molar-refractivity contribution in [3.05, 3.63) is 58.1 Å². The highest BCUT2D eigenvalue weighted by molar-refractivity contribution is 7.91. The Bertz CT molecular complexity index is 763. The van der Waals surface area contributed by atoms with Gasteiger partial charge in [0.15, 0.2) is 0 Å². The van der Waals surface area contributed by atoms with Crippen LogP contribution < -0.4 is 5.11 Å². The first-order chi connectivity index (χ1) is 9.35. The molecule has 0 aromatic heterocycles. The summed E-state index contributed by atoms with van der Waals surface area (Å²) in [7, 11) is -4.23. The van der Waals surface area contributed by atoms with Crippen molar-refractivity contribution in [3.8, 4) is 5.75 Å². The van der Waals surface area contributed by atoms with Crippen LogP contribution in [-0.4, -0.2) is 13.3 Å². The number of sulfone groups is 1. The highest BCUT2D eigenvalue weighted by atomic mass is 32.2. The van der Waals surface area contributed by atoms with E-state index in [9.17, 15) is 23.6 Å². The zero-order valence-electron chi connectivity index (χ0n) is 10.4. The molecule has 0 N–H and O–H groups in total. The van der Waals surface area contributed by atoms with Gasteiger partial charge in [-0.15, -0.1) is 0 Å². The van der Waals surface area contributed by atoms with Crippen molar-refractivity contribution in [2.75, 3.05) is 0 Å². The van der Waals surface area contributed by atoms with E-state index in [-0.39, 0.29) is 5.56 Å². The molecule has 0 bridgehead atoms. The van der Waals surface area contributed by atoms with Gasteiger partial charge in [-0.2, -0.15) is 0 Å². The lowest BCUT2D eigenvalue weighted by molar-refractivity contribution is -0.387. The molecule has 20 heavy (non-hydrogen) atoms. The Morgan fingerprint density at radius 2 is 1.70 bits per heavy atom. The van der Waals surface area contributed by atoms with Crippen LogP contribution in [0.5, 0.6) is 5.75 Å². The Hall–Kier alpha value is -2.41. The van der Waals surface area contributed by atoms with Crippen molar-refractivity contribution in [1.82, 2.24) is 0 Å². The van der Waals surface area contributed by atoms with Crippen molar-refractivity contribution in [2.24, 2.45) is 0 Å². The molecule has 7 heteroatoms. The summed E-state index contributed by atoms with van der Waals surface area (Å²) in [5, 5.41) is 22.7. The number of para-hydroxylation sites is 1. The Balaban J connectivity index is 2.78. The van der Waals surface area contributed by atoms with E-state index >= 15 is 0 Å². The second kappa shape index (κ2) is 4.93. The average Bonchev–Trinajstić information content (AvgIpc) is 2.38. The molecule has 0 saturated carbocycles. The molecule has 0 atom stereocenters. The summed E-state index contributed by atoms with van der Waals surface area (Å²) in [6, 6.07) is 9.00. The highest BCUT2D eigenvalue weighted by Gasteiger charge is 2.28. The molecule has 0 saturated heterocycles. The number of aryl methyl sites for hydroxylation is 1. The quantitative estimate of drug-likeness (QED) is 0.634. The second-order valence-corrected chi connectivity index (χ2v) is 5.99. The standard InChI is InChI=1S/C13H11NO5S/c1-9-5-4-7-11(15)13(9)20(18,19)12-8-3-2-6-10(12)14(16)17/h2-8,15H,1H3/p-1. The predicted octanol–water partition coefficient (Wildman–Crippen LogP) is 1.81. The minimum absolute atomic E-state index is 0.260. The van der Waals surface area contributed by atoms with Gasteiger partial charge in [-0.05, 0) is 18.6 Å². The molecule has 0 unspecified atom stereocenters. The second-order valence-electron chi connectivity index (χ2n) is 4.13. The largest absolute Gasteiger partial charge is 0.872 e. The average molecular weight is 292 g/mol. The fraction of sp³-hybridized carbons (Fsp3) is 0.0769. The molecular weight excluding hydrogens is 282 g/mol. The van der Waals surface area contributed by atoms with Gasteiger partial charge in [-0.1, -0.05) is 36.1 Å². The monoisotopic (exact) mass is 292 g/mol. The maximum absolute atomic E-state index is 12.5. The van der Waals surface area contributed by atoms with Crippen molar-refractivity contribution >= 4 is 15.5 Å². The Labute approximate surface area is 115 Å². The van der Waals surface area contributed by atoms with Gasteiger partial charge in [-0.25, -0.2) is 8.42 Å². The molecule has 2 aromatic rings. The Morgan fingerprint density at radius 3 is 2.30 bits per heavy atom. The molecule has 0 heterocycles. The van der Waals surface area contributed by atoms with E-state index in [0.717, 1.165) is 18.2 Å². The molecule has 0 spiro atoms. The maximum atomic E-state index is 12.5. The van der Waals surface area contributed by atoms with Gasteiger partial charge < -0.3 is 5.11 Å². The topological polar surface area (TPSA) is 100 Å². The van der Waals surface area contributed by atoms with Gasteiger partial charge in [-0.3, -0.25) is 10.1 Å². The van der Waals surface area contributed by atoms with Gasteiger partial charge in [0.1, 0.15) is 4.90 Å². The van der Waals surface area contributed by atoms with Crippen LogP contribution in [0.2, 0.25) is 0 Å². The number of nitro groups is 1. The van der Waals surface area contributed by atoms with Crippen LogP contribution in [0.3, 0.4) is 0 Å². The smallest absolute Gasteiger partial charge is 0.288 e. The molecule has 104 valence electrons. The minimum atomic E-state index is -4.23. The fourth-order valence-corrected chi connectivity index (χ4v) is 3.64. The van der Waals surface area contributed by atoms with E-state index in [0.29, 0.717) is 0 Å². The molecule has 0 radical (unpaired) electrons. The number of benzene rings is 2. The summed E-state index contributed by atoms with van der Waals surface area (Å²) in [6.45, 7) is 1.48. The first kappa shape index (κ1) is 14.0. The third-order valence-corrected chi connectivity index (χ3v) is 4.78. The highest BCUT2D eigenvalue weighted by Crippen LogP contribution is 2.34. The van der Waals surface area contributed by atoms with Crippen LogP contribution in [-0.2, 0) is 9.84 Å². The van der Waals surface area contributed by atoms with E-state index in [1.165, 1.54) is 31.2 Å². The molecule has 6 nitrogen and oxygen atoms in total. The normalized spacial score (nSPS) is 11.2. The summed E-state index contributed by atoms with van der Waals surface area (Å²) in [4.78, 5) is 9.25. The number of hydrogen-bond donors (Lipinski definition) is 0. The minimum Gasteiger partial charge on any atom is -0.872 e. The molecule has 0 aliphatic heterocycles. The zero-order chi connectivity index (χ0) is 14.9. The molecule has 2 aromatic carbocycles. The third-order valence-electron chi connectivity index (χ3n) is 2.80. The fourth-order valence-electron chi connectivity index (χ4n) is 1.92. The van der Waals surface area contributed by atoms with E-state index in [1.807, 2.05) is 0 Å². The zero-order valence-corrected chi connectivity index (χ0v) is 11.3. The van der Waals surface area contributed by atoms with Gasteiger partial charge >= 0.3 is 0 Å². The van der Waals surface area contributed by atoms with Crippen LogP contribution in [0.25, 0.3) is 0 Å². The number of hydrogen-bond acceptors (Lipinski definition) is 5. The van der Waals surface area contributed by atoms with Crippen LogP contribution in [0.15, 0.2) is 52.3 Å². The van der Waals surface area contributed by atoms with Crippen molar-refractivity contribution in [1.29, 1.82) is 0 Å². The van der Waals surface area contributed by atoms with E-state index in [1.54, 1.807) is 0 Å². The summed E-state index contributed by atoms with van der Waals surface area (Å²) < 4.78 is 25.0. The summed E-state index contributed by atoms with van der Waals surface area (Å²) in [5.41, 5.74) is -0.286. The van der Waals surface area contributed by atoms with Crippen molar-refractivity contribution in [3.63, 3.8) is 0 Å². The summed E-state index contributed by atoms with van der Waals surface area (Å²) >= 11 is 0. The molecule has 2 rings (SSSR count).